The molecule has 116 valence electrons. The number of carbonyl (C=O) groups excluding carboxylic acids is 2. The Bertz CT molecular complexity index is 507. The molecule has 2 rings (SSSR count). The average Bonchev–Trinajstić information content (AvgIpc) is 2.49. The van der Waals surface area contributed by atoms with Crippen LogP contribution in [0.3, 0.4) is 0 Å². The van der Waals surface area contributed by atoms with Gasteiger partial charge < -0.3 is 16.0 Å². The molecule has 1 aliphatic heterocycles. The monoisotopic (exact) mass is 311 g/mol. The van der Waals surface area contributed by atoms with Crippen LogP contribution >= 0.6 is 12.4 Å². The van der Waals surface area contributed by atoms with Gasteiger partial charge in [-0.25, -0.2) is 0 Å². The van der Waals surface area contributed by atoms with E-state index in [-0.39, 0.29) is 36.3 Å². The predicted octanol–water partition coefficient (Wildman–Crippen LogP) is 1.34. The summed E-state index contributed by atoms with van der Waals surface area (Å²) < 4.78 is 0. The van der Waals surface area contributed by atoms with Crippen LogP contribution in [0.15, 0.2) is 24.3 Å². The van der Waals surface area contributed by atoms with Gasteiger partial charge in [0.15, 0.2) is 0 Å². The lowest BCUT2D eigenvalue weighted by atomic mass is 9.99. The lowest BCUT2D eigenvalue weighted by Gasteiger charge is -2.30. The summed E-state index contributed by atoms with van der Waals surface area (Å²) in [5.74, 6) is -0.316. The molecule has 5 nitrogen and oxygen atoms in total. The van der Waals surface area contributed by atoms with Gasteiger partial charge in [0.25, 0.3) is 11.8 Å². The van der Waals surface area contributed by atoms with Gasteiger partial charge in [-0.3, -0.25) is 9.59 Å². The van der Waals surface area contributed by atoms with Crippen LogP contribution in [0.5, 0.6) is 0 Å². The summed E-state index contributed by atoms with van der Waals surface area (Å²) in [4.78, 5) is 23.8. The van der Waals surface area contributed by atoms with E-state index in [9.17, 15) is 9.59 Å². The maximum absolute atomic E-state index is 12.3. The molecule has 0 aliphatic carbocycles. The van der Waals surface area contributed by atoms with Crippen molar-refractivity contribution >= 4 is 24.2 Å². The molecule has 0 spiro atoms. The number of carbonyl (C=O) groups is 2. The fourth-order valence-electron chi connectivity index (χ4n) is 2.44. The van der Waals surface area contributed by atoms with Crippen molar-refractivity contribution < 1.29 is 9.59 Å². The largest absolute Gasteiger partial charge is 0.355 e. The second-order valence-electron chi connectivity index (χ2n) is 5.12. The number of rotatable bonds is 3. The Morgan fingerprint density at radius 1 is 1.24 bits per heavy atom. The standard InChI is InChI=1S/C15H21N3O2.ClH/c1-10-13(7-4-8-17-10)18-15(20)12-6-3-5-11(9-12)14(19)16-2;/h3,5-6,9-10,13,17H,4,7-8H2,1-2H3,(H,16,19)(H,18,20);1H. The molecule has 2 amide bonds. The topological polar surface area (TPSA) is 70.2 Å². The highest BCUT2D eigenvalue weighted by atomic mass is 35.5. The molecule has 0 aromatic heterocycles. The number of halogens is 1. The van der Waals surface area contributed by atoms with E-state index >= 15 is 0 Å². The van der Waals surface area contributed by atoms with Gasteiger partial charge in [0.2, 0.25) is 0 Å². The zero-order valence-corrected chi connectivity index (χ0v) is 13.1. The quantitative estimate of drug-likeness (QED) is 0.789. The van der Waals surface area contributed by atoms with Gasteiger partial charge in [-0.2, -0.15) is 0 Å². The van der Waals surface area contributed by atoms with Crippen molar-refractivity contribution in [3.8, 4) is 0 Å². The minimum absolute atomic E-state index is 0. The van der Waals surface area contributed by atoms with Gasteiger partial charge in [-0.05, 0) is 44.5 Å². The Kier molecular flexibility index (Phi) is 6.65. The number of benzene rings is 1. The zero-order valence-electron chi connectivity index (χ0n) is 12.3. The van der Waals surface area contributed by atoms with Crippen molar-refractivity contribution in [2.24, 2.45) is 0 Å². The molecule has 21 heavy (non-hydrogen) atoms. The van der Waals surface area contributed by atoms with E-state index < -0.39 is 0 Å². The SMILES string of the molecule is CNC(=O)c1cccc(C(=O)NC2CCCNC2C)c1.Cl. The van der Waals surface area contributed by atoms with E-state index in [0.717, 1.165) is 19.4 Å². The van der Waals surface area contributed by atoms with E-state index in [1.54, 1.807) is 31.3 Å². The summed E-state index contributed by atoms with van der Waals surface area (Å²) in [5.41, 5.74) is 1.01. The minimum Gasteiger partial charge on any atom is -0.355 e. The van der Waals surface area contributed by atoms with E-state index in [2.05, 4.69) is 22.9 Å². The molecule has 6 heteroatoms. The lowest BCUT2D eigenvalue weighted by molar-refractivity contribution is 0.0920. The molecule has 3 N–H and O–H groups in total. The van der Waals surface area contributed by atoms with E-state index in [1.807, 2.05) is 0 Å². The minimum atomic E-state index is -0.188. The first-order chi connectivity index (χ1) is 9.61. The van der Waals surface area contributed by atoms with Crippen molar-refractivity contribution in [3.63, 3.8) is 0 Å². The van der Waals surface area contributed by atoms with Gasteiger partial charge in [0.05, 0.1) is 0 Å². The number of piperidine rings is 1. The molecule has 1 fully saturated rings. The number of amides is 2. The van der Waals surface area contributed by atoms with Crippen LogP contribution in [0, 0.1) is 0 Å². The third kappa shape index (κ3) is 4.44. The van der Waals surface area contributed by atoms with Gasteiger partial charge in [-0.1, -0.05) is 6.07 Å². The van der Waals surface area contributed by atoms with Gasteiger partial charge in [0, 0.05) is 30.3 Å². The first-order valence-electron chi connectivity index (χ1n) is 6.98. The number of hydrogen-bond donors (Lipinski definition) is 3. The van der Waals surface area contributed by atoms with Crippen LogP contribution in [-0.4, -0.2) is 37.5 Å². The average molecular weight is 312 g/mol. The Labute approximate surface area is 131 Å². The fraction of sp³-hybridized carbons (Fsp3) is 0.467. The van der Waals surface area contributed by atoms with Crippen LogP contribution < -0.4 is 16.0 Å². The van der Waals surface area contributed by atoms with Gasteiger partial charge in [0.1, 0.15) is 0 Å². The molecule has 1 aliphatic rings. The van der Waals surface area contributed by atoms with Crippen molar-refractivity contribution in [3.05, 3.63) is 35.4 Å². The summed E-state index contributed by atoms with van der Waals surface area (Å²) in [5, 5.41) is 8.94. The lowest BCUT2D eigenvalue weighted by Crippen LogP contribution is -2.51. The van der Waals surface area contributed by atoms with Crippen molar-refractivity contribution in [1.29, 1.82) is 0 Å². The normalized spacial score (nSPS) is 21.0. The molecule has 1 heterocycles. The maximum Gasteiger partial charge on any atom is 0.251 e. The third-order valence-corrected chi connectivity index (χ3v) is 3.69. The summed E-state index contributed by atoms with van der Waals surface area (Å²) in [6.45, 7) is 3.07. The molecule has 2 atom stereocenters. The van der Waals surface area contributed by atoms with Gasteiger partial charge >= 0.3 is 0 Å². The highest BCUT2D eigenvalue weighted by molar-refractivity contribution is 5.99. The Morgan fingerprint density at radius 3 is 2.52 bits per heavy atom. The molecule has 1 aromatic rings. The van der Waals surface area contributed by atoms with Crippen LogP contribution in [0.2, 0.25) is 0 Å². The second kappa shape index (κ2) is 8.00. The molecule has 1 saturated heterocycles. The summed E-state index contributed by atoms with van der Waals surface area (Å²) >= 11 is 0. The van der Waals surface area contributed by atoms with Crippen molar-refractivity contribution in [1.82, 2.24) is 16.0 Å². The molecule has 0 radical (unpaired) electrons. The summed E-state index contributed by atoms with van der Waals surface area (Å²) in [6.07, 6.45) is 2.04. The van der Waals surface area contributed by atoms with Crippen LogP contribution in [0.4, 0.5) is 0 Å². The zero-order chi connectivity index (χ0) is 14.5. The van der Waals surface area contributed by atoms with Crippen LogP contribution in [-0.2, 0) is 0 Å². The fourth-order valence-corrected chi connectivity index (χ4v) is 2.44. The maximum atomic E-state index is 12.3. The second-order valence-corrected chi connectivity index (χ2v) is 5.12. The van der Waals surface area contributed by atoms with E-state index in [4.69, 9.17) is 0 Å². The Balaban J connectivity index is 0.00000220. The van der Waals surface area contributed by atoms with Crippen molar-refractivity contribution in [2.45, 2.75) is 31.8 Å². The van der Waals surface area contributed by atoms with E-state index in [1.165, 1.54) is 0 Å². The van der Waals surface area contributed by atoms with Crippen LogP contribution in [0.1, 0.15) is 40.5 Å². The first kappa shape index (κ1) is 17.5. The molecular formula is C15H22ClN3O2. The Hall–Kier alpha value is -1.59. The third-order valence-electron chi connectivity index (χ3n) is 3.69. The molecule has 0 bridgehead atoms. The predicted molar refractivity (Wildman–Crippen MR) is 85.0 cm³/mol. The molecule has 2 unspecified atom stereocenters. The first-order valence-corrected chi connectivity index (χ1v) is 6.98. The van der Waals surface area contributed by atoms with Crippen LogP contribution in [0.25, 0.3) is 0 Å². The Morgan fingerprint density at radius 2 is 1.90 bits per heavy atom. The van der Waals surface area contributed by atoms with Gasteiger partial charge in [-0.15, -0.1) is 12.4 Å². The van der Waals surface area contributed by atoms with E-state index in [0.29, 0.717) is 11.1 Å². The number of nitrogens with one attached hydrogen (secondary N) is 3. The smallest absolute Gasteiger partial charge is 0.251 e. The summed E-state index contributed by atoms with van der Waals surface area (Å²) in [7, 11) is 1.57. The highest BCUT2D eigenvalue weighted by Gasteiger charge is 2.23. The van der Waals surface area contributed by atoms with Crippen molar-refractivity contribution in [2.75, 3.05) is 13.6 Å². The highest BCUT2D eigenvalue weighted by Crippen LogP contribution is 2.11. The molecule has 0 saturated carbocycles. The number of hydrogen-bond acceptors (Lipinski definition) is 3. The summed E-state index contributed by atoms with van der Waals surface area (Å²) in [6, 6.07) is 7.18. The molecular weight excluding hydrogens is 290 g/mol. The molecule has 1 aromatic carbocycles.